The quantitative estimate of drug-likeness (QED) is 0.922. The normalized spacial score (nSPS) is 10.8. The van der Waals surface area contributed by atoms with Gasteiger partial charge in [-0.25, -0.2) is 0 Å². The van der Waals surface area contributed by atoms with Gasteiger partial charge in [0.25, 0.3) is 0 Å². The number of nitrogens with zero attached hydrogens (tertiary/aromatic N) is 2. The monoisotopic (exact) mass is 307 g/mol. The summed E-state index contributed by atoms with van der Waals surface area (Å²) in [4.78, 5) is 0. The summed E-state index contributed by atoms with van der Waals surface area (Å²) >= 11 is 3.49. The Morgan fingerprint density at radius 2 is 2.22 bits per heavy atom. The summed E-state index contributed by atoms with van der Waals surface area (Å²) in [6.07, 6.45) is 4.03. The first-order valence-electron chi connectivity index (χ1n) is 6.22. The summed E-state index contributed by atoms with van der Waals surface area (Å²) in [7, 11) is 0. The summed E-state index contributed by atoms with van der Waals surface area (Å²) in [5.74, 6) is 0. The molecular weight excluding hydrogens is 290 g/mol. The van der Waals surface area contributed by atoms with Crippen LogP contribution in [0.5, 0.6) is 0 Å². The van der Waals surface area contributed by atoms with Crippen LogP contribution < -0.4 is 5.73 Å². The highest BCUT2D eigenvalue weighted by Gasteiger charge is 2.09. The molecule has 4 heteroatoms. The van der Waals surface area contributed by atoms with E-state index in [0.29, 0.717) is 6.54 Å². The van der Waals surface area contributed by atoms with E-state index in [1.807, 2.05) is 18.3 Å². The number of benzene rings is 1. The van der Waals surface area contributed by atoms with Gasteiger partial charge in [-0.1, -0.05) is 41.4 Å². The van der Waals surface area contributed by atoms with Crippen LogP contribution in [0.25, 0.3) is 0 Å². The second-order valence-corrected chi connectivity index (χ2v) is 5.27. The topological polar surface area (TPSA) is 43.8 Å². The molecule has 0 bridgehead atoms. The summed E-state index contributed by atoms with van der Waals surface area (Å²) in [6.45, 7) is 3.54. The fraction of sp³-hybridized carbons (Fsp3) is 0.357. The van der Waals surface area contributed by atoms with Crippen molar-refractivity contribution in [1.82, 2.24) is 9.78 Å². The predicted octanol–water partition coefficient (Wildman–Crippen LogP) is 3.11. The Bertz CT molecular complexity index is 520. The molecule has 0 saturated carbocycles. The molecule has 1 aromatic heterocycles. The maximum atomic E-state index is 5.75. The van der Waals surface area contributed by atoms with E-state index in [1.165, 1.54) is 11.3 Å². The molecule has 0 radical (unpaired) electrons. The summed E-state index contributed by atoms with van der Waals surface area (Å²) in [5, 5.41) is 4.45. The average Bonchev–Trinajstić information content (AvgIpc) is 2.72. The van der Waals surface area contributed by atoms with Gasteiger partial charge in [0.05, 0.1) is 12.7 Å². The third kappa shape index (κ3) is 3.00. The molecule has 0 spiro atoms. The van der Waals surface area contributed by atoms with Gasteiger partial charge in [0.15, 0.2) is 0 Å². The minimum Gasteiger partial charge on any atom is -0.326 e. The second kappa shape index (κ2) is 6.16. The minimum absolute atomic E-state index is 0.563. The van der Waals surface area contributed by atoms with E-state index in [2.05, 4.69) is 44.8 Å². The van der Waals surface area contributed by atoms with Gasteiger partial charge < -0.3 is 5.73 Å². The summed E-state index contributed by atoms with van der Waals surface area (Å²) in [6, 6.07) is 8.32. The fourth-order valence-corrected chi connectivity index (χ4v) is 2.54. The predicted molar refractivity (Wildman–Crippen MR) is 77.4 cm³/mol. The highest BCUT2D eigenvalue weighted by Crippen LogP contribution is 2.16. The van der Waals surface area contributed by atoms with Crippen molar-refractivity contribution in [3.05, 3.63) is 51.8 Å². The van der Waals surface area contributed by atoms with Crippen molar-refractivity contribution in [1.29, 1.82) is 0 Å². The Hall–Kier alpha value is -1.13. The average molecular weight is 308 g/mol. The fourth-order valence-electron chi connectivity index (χ4n) is 2.09. The zero-order chi connectivity index (χ0) is 13.0. The van der Waals surface area contributed by atoms with E-state index in [4.69, 9.17) is 5.73 Å². The molecule has 3 nitrogen and oxygen atoms in total. The van der Waals surface area contributed by atoms with Crippen molar-refractivity contribution in [2.24, 2.45) is 5.73 Å². The van der Waals surface area contributed by atoms with Crippen LogP contribution in [0.3, 0.4) is 0 Å². The van der Waals surface area contributed by atoms with Crippen LogP contribution >= 0.6 is 15.9 Å². The molecule has 0 aliphatic heterocycles. The molecule has 0 fully saturated rings. The number of rotatable bonds is 5. The van der Waals surface area contributed by atoms with Crippen LogP contribution in [0.4, 0.5) is 0 Å². The maximum Gasteiger partial charge on any atom is 0.0663 e. The number of hydrogen-bond donors (Lipinski definition) is 1. The molecule has 0 aliphatic carbocycles. The van der Waals surface area contributed by atoms with Gasteiger partial charge in [0, 0.05) is 22.3 Å². The van der Waals surface area contributed by atoms with E-state index in [0.717, 1.165) is 29.4 Å². The molecule has 2 N–H and O–H groups in total. The van der Waals surface area contributed by atoms with Gasteiger partial charge in [-0.3, -0.25) is 4.68 Å². The van der Waals surface area contributed by atoms with Gasteiger partial charge in [-0.2, -0.15) is 5.10 Å². The first kappa shape index (κ1) is 13.3. The van der Waals surface area contributed by atoms with Gasteiger partial charge in [0.1, 0.15) is 0 Å². The zero-order valence-electron chi connectivity index (χ0n) is 10.6. The summed E-state index contributed by atoms with van der Waals surface area (Å²) in [5.41, 5.74) is 9.42. The highest BCUT2D eigenvalue weighted by molar-refractivity contribution is 9.10. The molecule has 0 amide bonds. The van der Waals surface area contributed by atoms with Crippen LogP contribution in [-0.2, 0) is 19.5 Å². The third-order valence-electron chi connectivity index (χ3n) is 2.96. The van der Waals surface area contributed by atoms with Crippen LogP contribution in [0, 0.1) is 0 Å². The molecule has 1 heterocycles. The Labute approximate surface area is 116 Å². The Kier molecular flexibility index (Phi) is 4.55. The van der Waals surface area contributed by atoms with Crippen molar-refractivity contribution in [3.63, 3.8) is 0 Å². The van der Waals surface area contributed by atoms with E-state index in [-0.39, 0.29) is 0 Å². The highest BCUT2D eigenvalue weighted by atomic mass is 79.9. The van der Waals surface area contributed by atoms with Crippen molar-refractivity contribution in [2.75, 3.05) is 0 Å². The number of halogens is 1. The van der Waals surface area contributed by atoms with Crippen LogP contribution in [-0.4, -0.2) is 9.78 Å². The lowest BCUT2D eigenvalue weighted by Gasteiger charge is -2.09. The molecular formula is C14H18BrN3. The molecule has 96 valence electrons. The van der Waals surface area contributed by atoms with E-state index < -0.39 is 0 Å². The molecule has 0 aliphatic rings. The lowest BCUT2D eigenvalue weighted by molar-refractivity contribution is 0.634. The Balaban J connectivity index is 2.25. The van der Waals surface area contributed by atoms with Crippen molar-refractivity contribution < 1.29 is 0 Å². The van der Waals surface area contributed by atoms with Gasteiger partial charge in [-0.15, -0.1) is 0 Å². The molecule has 2 rings (SSSR count). The van der Waals surface area contributed by atoms with Gasteiger partial charge in [0.2, 0.25) is 0 Å². The molecule has 2 aromatic rings. The molecule has 0 atom stereocenters. The molecule has 18 heavy (non-hydrogen) atoms. The Morgan fingerprint density at radius 3 is 2.89 bits per heavy atom. The standard InChI is InChI=1S/C14H18BrN3/c1-2-4-14-12(8-16)9-17-18(14)10-11-5-3-6-13(15)7-11/h3,5-7,9H,2,4,8,10,16H2,1H3. The van der Waals surface area contributed by atoms with E-state index in [1.54, 1.807) is 0 Å². The lowest BCUT2D eigenvalue weighted by atomic mass is 10.1. The van der Waals surface area contributed by atoms with E-state index in [9.17, 15) is 0 Å². The second-order valence-electron chi connectivity index (χ2n) is 4.36. The third-order valence-corrected chi connectivity index (χ3v) is 3.46. The van der Waals surface area contributed by atoms with E-state index >= 15 is 0 Å². The van der Waals surface area contributed by atoms with Crippen LogP contribution in [0.1, 0.15) is 30.2 Å². The number of aromatic nitrogens is 2. The molecule has 0 saturated heterocycles. The van der Waals surface area contributed by atoms with Gasteiger partial charge >= 0.3 is 0 Å². The van der Waals surface area contributed by atoms with Crippen molar-refractivity contribution in [2.45, 2.75) is 32.9 Å². The summed E-state index contributed by atoms with van der Waals surface area (Å²) < 4.78 is 3.16. The number of nitrogens with two attached hydrogens (primary N) is 1. The molecule has 0 unspecified atom stereocenters. The zero-order valence-corrected chi connectivity index (χ0v) is 12.2. The Morgan fingerprint density at radius 1 is 1.39 bits per heavy atom. The van der Waals surface area contributed by atoms with Gasteiger partial charge in [-0.05, 0) is 24.1 Å². The van der Waals surface area contributed by atoms with Crippen LogP contribution in [0.15, 0.2) is 34.9 Å². The SMILES string of the molecule is CCCc1c(CN)cnn1Cc1cccc(Br)c1. The maximum absolute atomic E-state index is 5.75. The first-order chi connectivity index (χ1) is 8.74. The van der Waals surface area contributed by atoms with Crippen molar-refractivity contribution in [3.8, 4) is 0 Å². The smallest absolute Gasteiger partial charge is 0.0663 e. The largest absolute Gasteiger partial charge is 0.326 e. The first-order valence-corrected chi connectivity index (χ1v) is 7.02. The van der Waals surface area contributed by atoms with Crippen LogP contribution in [0.2, 0.25) is 0 Å². The minimum atomic E-state index is 0.563. The lowest BCUT2D eigenvalue weighted by Crippen LogP contribution is -2.08. The molecule has 1 aromatic carbocycles. The number of hydrogen-bond acceptors (Lipinski definition) is 2. The van der Waals surface area contributed by atoms with Crippen molar-refractivity contribution >= 4 is 15.9 Å².